The summed E-state index contributed by atoms with van der Waals surface area (Å²) in [6.45, 7) is 7.67. The number of nitrogens with two attached hydrogens (primary N) is 1. The summed E-state index contributed by atoms with van der Waals surface area (Å²) in [6, 6.07) is 0.693. The molecule has 4 nitrogen and oxygen atoms in total. The lowest BCUT2D eigenvalue weighted by Crippen LogP contribution is -2.38. The van der Waals surface area contributed by atoms with Crippen LogP contribution in [-0.2, 0) is 0 Å². The Hall–Kier alpha value is -2.12. The molecular formula is C22H32N4. The van der Waals surface area contributed by atoms with E-state index in [0.29, 0.717) is 12.0 Å². The van der Waals surface area contributed by atoms with E-state index in [1.165, 1.54) is 17.7 Å². The van der Waals surface area contributed by atoms with Gasteiger partial charge in [0.1, 0.15) is 6.04 Å². The zero-order chi connectivity index (χ0) is 18.4. The molecule has 2 unspecified atom stereocenters. The summed E-state index contributed by atoms with van der Waals surface area (Å²) < 4.78 is 0. The fourth-order valence-electron chi connectivity index (χ4n) is 3.78. The van der Waals surface area contributed by atoms with E-state index in [2.05, 4.69) is 59.4 Å². The third-order valence-corrected chi connectivity index (χ3v) is 5.60. The zero-order valence-electron chi connectivity index (χ0n) is 16.1. The normalized spacial score (nSPS) is 25.6. The molecule has 3 rings (SSSR count). The molecule has 0 aromatic carbocycles. The predicted octanol–water partition coefficient (Wildman–Crippen LogP) is 2.63. The van der Waals surface area contributed by atoms with Gasteiger partial charge in [0, 0.05) is 31.4 Å². The molecule has 0 radical (unpaired) electrons. The van der Waals surface area contributed by atoms with Gasteiger partial charge in [-0.2, -0.15) is 0 Å². The molecule has 0 fully saturated rings. The van der Waals surface area contributed by atoms with Gasteiger partial charge in [0.05, 0.1) is 5.82 Å². The molecule has 4 heteroatoms. The van der Waals surface area contributed by atoms with Crippen LogP contribution in [-0.4, -0.2) is 36.6 Å². The Morgan fingerprint density at radius 2 is 2.27 bits per heavy atom. The Kier molecular flexibility index (Phi) is 6.46. The van der Waals surface area contributed by atoms with Gasteiger partial charge in [0.25, 0.3) is 0 Å². The molecule has 1 heterocycles. The van der Waals surface area contributed by atoms with Gasteiger partial charge < -0.3 is 16.4 Å². The molecule has 0 saturated carbocycles. The summed E-state index contributed by atoms with van der Waals surface area (Å²) >= 11 is 0. The maximum Gasteiger partial charge on any atom is 0.107 e. The molecular weight excluding hydrogens is 320 g/mol. The van der Waals surface area contributed by atoms with Crippen LogP contribution in [0.5, 0.6) is 0 Å². The largest absolute Gasteiger partial charge is 0.386 e. The average molecular weight is 353 g/mol. The molecule has 26 heavy (non-hydrogen) atoms. The van der Waals surface area contributed by atoms with Gasteiger partial charge in [0.15, 0.2) is 0 Å². The number of rotatable bonds is 8. The van der Waals surface area contributed by atoms with Gasteiger partial charge in [0.2, 0.25) is 0 Å². The lowest BCUT2D eigenvalue weighted by atomic mass is 10.1. The van der Waals surface area contributed by atoms with Crippen molar-refractivity contribution in [3.8, 4) is 11.8 Å². The van der Waals surface area contributed by atoms with Crippen LogP contribution in [0.15, 0.2) is 47.5 Å². The minimum atomic E-state index is 0.121. The summed E-state index contributed by atoms with van der Waals surface area (Å²) in [5.74, 6) is 7.80. The second kappa shape index (κ2) is 9.00. The Morgan fingerprint density at radius 1 is 1.38 bits per heavy atom. The van der Waals surface area contributed by atoms with Crippen LogP contribution >= 0.6 is 0 Å². The molecule has 140 valence electrons. The van der Waals surface area contributed by atoms with Crippen LogP contribution in [0.2, 0.25) is 0 Å². The third kappa shape index (κ3) is 4.95. The van der Waals surface area contributed by atoms with Crippen LogP contribution in [0, 0.1) is 17.8 Å². The van der Waals surface area contributed by atoms with Gasteiger partial charge in [-0.25, -0.2) is 0 Å². The number of hydrogen-bond donors (Lipinski definition) is 3. The number of nitrogens with zero attached hydrogens (tertiary/aromatic N) is 1. The maximum atomic E-state index is 6.11. The first-order valence-electron chi connectivity index (χ1n) is 9.92. The van der Waals surface area contributed by atoms with Crippen molar-refractivity contribution >= 4 is 0 Å². The first-order valence-corrected chi connectivity index (χ1v) is 9.92. The molecule has 0 aromatic heterocycles. The van der Waals surface area contributed by atoms with Crippen LogP contribution in [0.3, 0.4) is 0 Å². The highest BCUT2D eigenvalue weighted by Crippen LogP contribution is 2.26. The highest BCUT2D eigenvalue weighted by atomic mass is 15.2. The Morgan fingerprint density at radius 3 is 3.04 bits per heavy atom. The van der Waals surface area contributed by atoms with Gasteiger partial charge in [-0.05, 0) is 50.2 Å². The summed E-state index contributed by atoms with van der Waals surface area (Å²) in [4.78, 5) is 2.61. The molecule has 2 aliphatic carbocycles. The van der Waals surface area contributed by atoms with Crippen molar-refractivity contribution in [3.63, 3.8) is 0 Å². The van der Waals surface area contributed by atoms with Crippen molar-refractivity contribution in [1.29, 1.82) is 0 Å². The van der Waals surface area contributed by atoms with E-state index >= 15 is 0 Å². The summed E-state index contributed by atoms with van der Waals surface area (Å²) in [7, 11) is 0. The second-order valence-corrected chi connectivity index (χ2v) is 7.53. The molecule has 0 amide bonds. The third-order valence-electron chi connectivity index (χ3n) is 5.60. The van der Waals surface area contributed by atoms with Crippen molar-refractivity contribution in [2.75, 3.05) is 19.6 Å². The van der Waals surface area contributed by atoms with Gasteiger partial charge in [-0.1, -0.05) is 43.1 Å². The second-order valence-electron chi connectivity index (χ2n) is 7.53. The lowest BCUT2D eigenvalue weighted by molar-refractivity contribution is 0.198. The minimum absolute atomic E-state index is 0.121. The molecule has 0 aromatic rings. The number of hydrogen-bond acceptors (Lipinski definition) is 4. The highest BCUT2D eigenvalue weighted by molar-refractivity contribution is 5.31. The molecule has 1 aliphatic heterocycles. The van der Waals surface area contributed by atoms with Crippen molar-refractivity contribution in [3.05, 3.63) is 47.5 Å². The predicted molar refractivity (Wildman–Crippen MR) is 109 cm³/mol. The van der Waals surface area contributed by atoms with Crippen LogP contribution in [0.4, 0.5) is 0 Å². The quantitative estimate of drug-likeness (QED) is 0.588. The Bertz CT molecular complexity index is 674. The smallest absolute Gasteiger partial charge is 0.107 e. The fraction of sp³-hybridized carbons (Fsp3) is 0.545. The van der Waals surface area contributed by atoms with E-state index in [9.17, 15) is 0 Å². The number of allylic oxidation sites excluding steroid dienone is 4. The standard InChI is InChI=1S/C22H32N4/c1-3-17(2)26(16-19-12-13-24-22(19)23)15-18-10-11-21(14-18)25-20-8-6-4-5-7-9-20/h4-6,8,14,17-18,20,24-25H,3,10-13,15-16,23H2,1-2H3/t17?,18-,20?/m1/s1. The average Bonchev–Trinajstić information content (AvgIpc) is 3.16. The molecule has 0 saturated heterocycles. The molecule has 4 N–H and O–H groups in total. The molecule has 0 bridgehead atoms. The molecule has 3 aliphatic rings. The van der Waals surface area contributed by atoms with Crippen molar-refractivity contribution in [1.82, 2.24) is 15.5 Å². The monoisotopic (exact) mass is 352 g/mol. The molecule has 0 spiro atoms. The Labute approximate surface area is 158 Å². The Balaban J connectivity index is 1.59. The van der Waals surface area contributed by atoms with Crippen LogP contribution < -0.4 is 16.4 Å². The maximum absolute atomic E-state index is 6.11. The fourth-order valence-corrected chi connectivity index (χ4v) is 3.78. The van der Waals surface area contributed by atoms with E-state index in [1.54, 1.807) is 0 Å². The first-order chi connectivity index (χ1) is 12.7. The van der Waals surface area contributed by atoms with Gasteiger partial charge in [-0.15, -0.1) is 0 Å². The topological polar surface area (TPSA) is 53.3 Å². The van der Waals surface area contributed by atoms with E-state index in [-0.39, 0.29) is 6.04 Å². The SMILES string of the molecule is CCC(C)N(CC1=C(N)NCC1)C[C@H]1C=C(NC2C#CC=CC=C2)CC1. The van der Waals surface area contributed by atoms with E-state index in [1.807, 2.05) is 12.2 Å². The van der Waals surface area contributed by atoms with Gasteiger partial charge in [-0.3, -0.25) is 4.90 Å². The summed E-state index contributed by atoms with van der Waals surface area (Å²) in [5.41, 5.74) is 8.82. The molecule has 3 atom stereocenters. The van der Waals surface area contributed by atoms with E-state index in [0.717, 1.165) is 44.7 Å². The van der Waals surface area contributed by atoms with Crippen molar-refractivity contribution in [2.24, 2.45) is 11.7 Å². The summed E-state index contributed by atoms with van der Waals surface area (Å²) in [6.07, 6.45) is 15.1. The minimum Gasteiger partial charge on any atom is -0.386 e. The zero-order valence-corrected chi connectivity index (χ0v) is 16.1. The van der Waals surface area contributed by atoms with Crippen molar-refractivity contribution in [2.45, 2.75) is 51.6 Å². The summed E-state index contributed by atoms with van der Waals surface area (Å²) in [5, 5.41) is 6.85. The highest BCUT2D eigenvalue weighted by Gasteiger charge is 2.24. The van der Waals surface area contributed by atoms with Crippen LogP contribution in [0.1, 0.15) is 39.5 Å². The lowest BCUT2D eigenvalue weighted by Gasteiger charge is -2.31. The first kappa shape index (κ1) is 18.7. The van der Waals surface area contributed by atoms with Gasteiger partial charge >= 0.3 is 0 Å². The van der Waals surface area contributed by atoms with Crippen LogP contribution in [0.25, 0.3) is 0 Å². The number of nitrogens with one attached hydrogen (secondary N) is 2. The van der Waals surface area contributed by atoms with Crippen molar-refractivity contribution < 1.29 is 0 Å². The van der Waals surface area contributed by atoms with E-state index in [4.69, 9.17) is 5.73 Å². The van der Waals surface area contributed by atoms with E-state index < -0.39 is 0 Å².